The van der Waals surface area contributed by atoms with E-state index in [1.807, 2.05) is 25.1 Å². The topological polar surface area (TPSA) is 198 Å². The maximum atomic E-state index is 14.8. The van der Waals surface area contributed by atoms with Crippen molar-refractivity contribution in [1.29, 1.82) is 0 Å². The highest BCUT2D eigenvalue weighted by molar-refractivity contribution is 5.98. The van der Waals surface area contributed by atoms with E-state index >= 15 is 0 Å². The lowest BCUT2D eigenvalue weighted by Gasteiger charge is -2.46. The molecule has 4 N–H and O–H groups in total. The van der Waals surface area contributed by atoms with Crippen LogP contribution in [0.3, 0.4) is 0 Å². The lowest BCUT2D eigenvalue weighted by Crippen LogP contribution is -2.64. The largest absolute Gasteiger partial charge is 0.508 e. The number of aromatic nitrogens is 2. The molecule has 354 valence electrons. The van der Waals surface area contributed by atoms with Gasteiger partial charge in [-0.1, -0.05) is 32.6 Å². The van der Waals surface area contributed by atoms with Crippen molar-refractivity contribution >= 4 is 40.5 Å². The summed E-state index contributed by atoms with van der Waals surface area (Å²) in [4.78, 5) is 78.2. The van der Waals surface area contributed by atoms with Gasteiger partial charge in [-0.05, 0) is 111 Å². The first kappa shape index (κ1) is 46.0. The van der Waals surface area contributed by atoms with Crippen LogP contribution in [0.2, 0.25) is 0 Å². The average Bonchev–Trinajstić information content (AvgIpc) is 4.04. The molecule has 4 amide bonds. The number of aromatic hydroxyl groups is 1. The van der Waals surface area contributed by atoms with E-state index in [1.54, 1.807) is 37.3 Å². The fourth-order valence-corrected chi connectivity index (χ4v) is 10.6. The summed E-state index contributed by atoms with van der Waals surface area (Å²) in [7, 11) is 1.67. The van der Waals surface area contributed by atoms with Crippen LogP contribution in [0.1, 0.15) is 76.8 Å². The number of likely N-dealkylation sites (tertiary alicyclic amines) is 2. The van der Waals surface area contributed by atoms with Crippen LogP contribution >= 0.6 is 0 Å². The Morgan fingerprint density at radius 1 is 1.09 bits per heavy atom. The molecular formula is C51H62N8O8. The summed E-state index contributed by atoms with van der Waals surface area (Å²) in [5, 5.41) is 19.7. The van der Waals surface area contributed by atoms with Gasteiger partial charge in [0.1, 0.15) is 23.9 Å². The molecule has 2 aromatic heterocycles. The molecule has 0 aliphatic carbocycles. The quantitative estimate of drug-likeness (QED) is 0.105. The minimum atomic E-state index is -1.18. The molecule has 9 rings (SSSR count). The van der Waals surface area contributed by atoms with Crippen molar-refractivity contribution in [2.75, 3.05) is 46.4 Å². The number of hydrogen-bond acceptors (Lipinski definition) is 11. The summed E-state index contributed by atoms with van der Waals surface area (Å²) in [6, 6.07) is 12.2. The molecule has 7 heterocycles. The number of phenols is 1. The summed E-state index contributed by atoms with van der Waals surface area (Å²) in [5.41, 5.74) is 9.17. The SMILES string of the molecule is C=C(C)[C@@H](C(=O)N[C@H]1Cc2cc(O)cc(c2)-c2ccc3c(c2)c(c(-c2cccnc2[C@H](C)OC)n3CC)CC(C)(C)COC(=O)[C@@H]2CCCN(N2)C1=O)N1CCC2(CN(C(=O)[C@H]3CN3)C2)C1=O. The van der Waals surface area contributed by atoms with E-state index in [1.165, 1.54) is 9.91 Å². The second-order valence-electron chi connectivity index (χ2n) is 20.0. The number of phenolic OH excluding ortho intramolecular Hbond substituents is 1. The number of amides is 4. The average molecular weight is 915 g/mol. The molecule has 5 aliphatic heterocycles. The number of nitrogens with zero attached hydrogens (tertiary/aromatic N) is 5. The Balaban J connectivity index is 1.10. The van der Waals surface area contributed by atoms with Crippen molar-refractivity contribution in [1.82, 2.24) is 40.4 Å². The Morgan fingerprint density at radius 2 is 1.87 bits per heavy atom. The molecule has 0 radical (unpaired) electrons. The third kappa shape index (κ3) is 8.70. The number of hydrogen-bond donors (Lipinski definition) is 4. The predicted octanol–water partition coefficient (Wildman–Crippen LogP) is 4.43. The zero-order chi connectivity index (χ0) is 47.5. The Labute approximate surface area is 391 Å². The molecule has 0 saturated carbocycles. The maximum Gasteiger partial charge on any atom is 0.324 e. The first-order valence-electron chi connectivity index (χ1n) is 23.5. The number of pyridine rings is 1. The predicted molar refractivity (Wildman–Crippen MR) is 251 cm³/mol. The molecular weight excluding hydrogens is 853 g/mol. The van der Waals surface area contributed by atoms with Gasteiger partial charge in [0.25, 0.3) is 5.91 Å². The van der Waals surface area contributed by atoms with E-state index in [9.17, 15) is 29.1 Å². The minimum absolute atomic E-state index is 0.0150. The molecule has 4 aromatic rings. The van der Waals surface area contributed by atoms with Gasteiger partial charge in [0, 0.05) is 80.9 Å². The molecule has 0 unspecified atom stereocenters. The van der Waals surface area contributed by atoms with Gasteiger partial charge in [-0.25, -0.2) is 5.43 Å². The second-order valence-corrected chi connectivity index (χ2v) is 20.0. The number of carbonyl (C=O) groups excluding carboxylic acids is 5. The van der Waals surface area contributed by atoms with Crippen molar-refractivity contribution in [2.24, 2.45) is 10.8 Å². The molecule has 5 atom stereocenters. The number of rotatable bonds is 9. The number of aryl methyl sites for hydroxylation is 1. The summed E-state index contributed by atoms with van der Waals surface area (Å²) in [6.07, 6.45) is 3.43. The van der Waals surface area contributed by atoms with E-state index in [0.717, 1.165) is 39.0 Å². The number of hydrazine groups is 1. The Bertz CT molecular complexity index is 2670. The van der Waals surface area contributed by atoms with Crippen molar-refractivity contribution in [3.05, 3.63) is 83.7 Å². The molecule has 6 bridgehead atoms. The Kier molecular flexibility index (Phi) is 12.3. The second kappa shape index (κ2) is 17.8. The van der Waals surface area contributed by atoms with Gasteiger partial charge >= 0.3 is 5.97 Å². The highest BCUT2D eigenvalue weighted by Gasteiger charge is 2.59. The number of nitrogens with one attached hydrogen (secondary N) is 3. The summed E-state index contributed by atoms with van der Waals surface area (Å²) >= 11 is 0. The summed E-state index contributed by atoms with van der Waals surface area (Å²) in [6.45, 7) is 16.6. The molecule has 2 aromatic carbocycles. The number of methoxy groups -OCH3 is 1. The molecule has 67 heavy (non-hydrogen) atoms. The van der Waals surface area contributed by atoms with Crippen molar-refractivity contribution in [3.63, 3.8) is 0 Å². The van der Waals surface area contributed by atoms with Gasteiger partial charge in [-0.15, -0.1) is 0 Å². The highest BCUT2D eigenvalue weighted by atomic mass is 16.5. The number of cyclic esters (lactones) is 1. The van der Waals surface area contributed by atoms with Crippen LogP contribution in [0.4, 0.5) is 0 Å². The van der Waals surface area contributed by atoms with Gasteiger partial charge in [-0.3, -0.25) is 34.0 Å². The van der Waals surface area contributed by atoms with E-state index in [-0.39, 0.29) is 49.3 Å². The molecule has 5 aliphatic rings. The number of benzene rings is 2. The molecule has 1 spiro atoms. The number of carbonyl (C=O) groups is 5. The van der Waals surface area contributed by atoms with Crippen LogP contribution < -0.4 is 16.1 Å². The van der Waals surface area contributed by atoms with Crippen molar-refractivity contribution < 1.29 is 38.6 Å². The van der Waals surface area contributed by atoms with Crippen LogP contribution in [-0.2, 0) is 52.8 Å². The van der Waals surface area contributed by atoms with Crippen molar-refractivity contribution in [2.45, 2.75) is 104 Å². The van der Waals surface area contributed by atoms with E-state index in [4.69, 9.17) is 14.5 Å². The summed E-state index contributed by atoms with van der Waals surface area (Å²) in [5.74, 6) is -1.79. The van der Waals surface area contributed by atoms with Gasteiger partial charge in [0.2, 0.25) is 17.7 Å². The van der Waals surface area contributed by atoms with Crippen LogP contribution in [-0.4, -0.2) is 130 Å². The van der Waals surface area contributed by atoms with Crippen LogP contribution in [0, 0.1) is 10.8 Å². The first-order valence-corrected chi connectivity index (χ1v) is 23.5. The van der Waals surface area contributed by atoms with E-state index in [0.29, 0.717) is 75.1 Å². The number of ether oxygens (including phenoxy) is 2. The lowest BCUT2D eigenvalue weighted by atomic mass is 9.78. The van der Waals surface area contributed by atoms with Gasteiger partial charge < -0.3 is 39.6 Å². The van der Waals surface area contributed by atoms with E-state index in [2.05, 4.69) is 66.2 Å². The lowest BCUT2D eigenvalue weighted by molar-refractivity contribution is -0.156. The minimum Gasteiger partial charge on any atom is -0.508 e. The van der Waals surface area contributed by atoms with Crippen molar-refractivity contribution in [3.8, 4) is 28.1 Å². The smallest absolute Gasteiger partial charge is 0.324 e. The van der Waals surface area contributed by atoms with Gasteiger partial charge in [-0.2, -0.15) is 0 Å². The normalized spacial score (nSPS) is 23.3. The third-order valence-electron chi connectivity index (χ3n) is 14.3. The van der Waals surface area contributed by atoms with Crippen LogP contribution in [0.15, 0.2) is 66.9 Å². The van der Waals surface area contributed by atoms with Crippen LogP contribution in [0.25, 0.3) is 33.3 Å². The molecule has 16 nitrogen and oxygen atoms in total. The van der Waals surface area contributed by atoms with Crippen LogP contribution in [0.5, 0.6) is 5.75 Å². The number of fused-ring (bicyclic) bond motifs is 6. The maximum absolute atomic E-state index is 14.8. The monoisotopic (exact) mass is 914 g/mol. The molecule has 4 fully saturated rings. The zero-order valence-corrected chi connectivity index (χ0v) is 39.3. The molecule has 4 saturated heterocycles. The Hall–Kier alpha value is -6.10. The summed E-state index contributed by atoms with van der Waals surface area (Å²) < 4.78 is 14.2. The number of esters is 1. The third-order valence-corrected chi connectivity index (χ3v) is 14.3. The fraction of sp³-hybridized carbons (Fsp3) is 0.490. The molecule has 16 heteroatoms. The van der Waals surface area contributed by atoms with Gasteiger partial charge in [0.05, 0.1) is 35.6 Å². The Morgan fingerprint density at radius 3 is 2.58 bits per heavy atom. The first-order chi connectivity index (χ1) is 32.0. The van der Waals surface area contributed by atoms with Gasteiger partial charge in [0.15, 0.2) is 0 Å². The highest BCUT2D eigenvalue weighted by Crippen LogP contribution is 2.44. The zero-order valence-electron chi connectivity index (χ0n) is 39.3. The standard InChI is InChI=1S/C51H62N8O8/c1-8-57-41-14-13-32-23-36(41)37(44(57)35-11-9-16-52-42(35)30(4)66-7)24-50(5,6)28-67-48(64)38-12-10-17-59(55-38)47(63)39(21-31-19-33(32)22-34(60)20-31)54-45(61)43(29(2)3)58-18-15-51(49(58)65)26-56(27-51)46(62)40-25-53-40/h9,11,13-14,16,19-20,22-23,30,38-40,43,53,55,60H,2,8,10,12,15,17-18,21,24-28H2,1,3-7H3,(H,54,61)/t30-,38-,39-,40+,43-/m0/s1. The fourth-order valence-electron chi connectivity index (χ4n) is 10.6. The van der Waals surface area contributed by atoms with E-state index < -0.39 is 46.7 Å².